The first-order valence-corrected chi connectivity index (χ1v) is 7.91. The Morgan fingerprint density at radius 2 is 1.79 bits per heavy atom. The summed E-state index contributed by atoms with van der Waals surface area (Å²) >= 11 is 10.6. The van der Waals surface area contributed by atoms with Gasteiger partial charge >= 0.3 is 0 Å². The van der Waals surface area contributed by atoms with Crippen LogP contribution in [0.5, 0.6) is 5.75 Å². The minimum absolute atomic E-state index is 0.781. The van der Waals surface area contributed by atoms with E-state index in [9.17, 15) is 0 Å². The Morgan fingerprint density at radius 1 is 1.11 bits per heavy atom. The number of fused-ring (bicyclic) bond motifs is 3. The molecule has 0 aliphatic carbocycles. The van der Waals surface area contributed by atoms with Crippen molar-refractivity contribution in [3.8, 4) is 5.75 Å². The van der Waals surface area contributed by atoms with E-state index in [0.29, 0.717) is 0 Å². The number of methoxy groups -OCH3 is 1. The first-order chi connectivity index (χ1) is 9.02. The first kappa shape index (κ1) is 13.4. The first-order valence-electron chi connectivity index (χ1n) is 5.53. The molecule has 0 saturated carbocycles. The van der Waals surface area contributed by atoms with Crippen LogP contribution in [0.4, 0.5) is 0 Å². The summed E-state index contributed by atoms with van der Waals surface area (Å²) in [5.74, 6) is 0.781. The maximum atomic E-state index is 5.40. The van der Waals surface area contributed by atoms with E-state index in [1.54, 1.807) is 7.11 Å². The minimum Gasteiger partial charge on any atom is -0.494 e. The Labute approximate surface area is 135 Å². The smallest absolute Gasteiger partial charge is 0.149 e. The van der Waals surface area contributed by atoms with Crippen molar-refractivity contribution in [2.45, 2.75) is 6.92 Å². The Balaban J connectivity index is 2.55. The number of nitrogens with one attached hydrogen (secondary N) is 1. The van der Waals surface area contributed by atoms with Crippen LogP contribution in [-0.2, 0) is 0 Å². The third-order valence-corrected chi connectivity index (χ3v) is 4.84. The summed E-state index contributed by atoms with van der Waals surface area (Å²) < 4.78 is 8.06. The molecule has 0 unspecified atom stereocenters. The molecule has 2 heterocycles. The van der Waals surface area contributed by atoms with Crippen molar-refractivity contribution in [2.75, 3.05) is 7.11 Å². The van der Waals surface area contributed by atoms with Crippen LogP contribution in [0.1, 0.15) is 5.69 Å². The average molecular weight is 449 g/mol. The molecule has 98 valence electrons. The van der Waals surface area contributed by atoms with Gasteiger partial charge in [0.15, 0.2) is 0 Å². The fourth-order valence-corrected chi connectivity index (χ4v) is 4.29. The van der Waals surface area contributed by atoms with E-state index in [1.165, 1.54) is 0 Å². The normalized spacial score (nSPS) is 11.4. The van der Waals surface area contributed by atoms with Crippen LogP contribution in [0, 0.1) is 6.92 Å². The minimum atomic E-state index is 0.781. The van der Waals surface area contributed by atoms with E-state index in [1.807, 2.05) is 13.0 Å². The third-order valence-electron chi connectivity index (χ3n) is 3.09. The third kappa shape index (κ3) is 2.00. The van der Waals surface area contributed by atoms with Gasteiger partial charge in [0, 0.05) is 10.8 Å². The molecule has 0 bridgehead atoms. The molecule has 19 heavy (non-hydrogen) atoms. The average Bonchev–Trinajstić information content (AvgIpc) is 2.69. The number of ether oxygens (including phenoxy) is 1. The van der Waals surface area contributed by atoms with E-state index in [2.05, 4.69) is 63.8 Å². The summed E-state index contributed by atoms with van der Waals surface area (Å²) in [5.41, 5.74) is 3.01. The van der Waals surface area contributed by atoms with Crippen molar-refractivity contribution in [1.29, 1.82) is 0 Å². The van der Waals surface area contributed by atoms with E-state index in [4.69, 9.17) is 4.74 Å². The molecule has 2 aromatic heterocycles. The van der Waals surface area contributed by atoms with Crippen molar-refractivity contribution in [3.05, 3.63) is 31.4 Å². The molecule has 0 atom stereocenters. The van der Waals surface area contributed by atoms with Gasteiger partial charge in [0.2, 0.25) is 0 Å². The zero-order valence-electron chi connectivity index (χ0n) is 10.1. The van der Waals surface area contributed by atoms with Crippen LogP contribution >= 0.6 is 47.8 Å². The second-order valence-electron chi connectivity index (χ2n) is 4.21. The number of aromatic amines is 1. The van der Waals surface area contributed by atoms with Crippen LogP contribution in [-0.4, -0.2) is 17.1 Å². The summed E-state index contributed by atoms with van der Waals surface area (Å²) in [6, 6.07) is 4.08. The van der Waals surface area contributed by atoms with Gasteiger partial charge in [-0.1, -0.05) is 0 Å². The Bertz CT molecular complexity index is 811. The van der Waals surface area contributed by atoms with Crippen LogP contribution in [0.3, 0.4) is 0 Å². The van der Waals surface area contributed by atoms with E-state index >= 15 is 0 Å². The fraction of sp³-hybridized carbons (Fsp3) is 0.154. The lowest BCUT2D eigenvalue weighted by molar-refractivity contribution is 0.410. The van der Waals surface area contributed by atoms with Crippen molar-refractivity contribution >= 4 is 69.6 Å². The van der Waals surface area contributed by atoms with Crippen molar-refractivity contribution in [2.24, 2.45) is 0 Å². The highest BCUT2D eigenvalue weighted by molar-refractivity contribution is 9.11. The molecule has 3 rings (SSSR count). The SMILES string of the molecule is COc1c(Br)cc2c([nH]c3c(C)nc(Br)cc32)c1Br. The maximum Gasteiger partial charge on any atom is 0.149 e. The summed E-state index contributed by atoms with van der Waals surface area (Å²) in [4.78, 5) is 7.83. The molecular weight excluding hydrogens is 440 g/mol. The second-order valence-corrected chi connectivity index (χ2v) is 6.67. The number of H-pyrrole nitrogens is 1. The number of nitrogens with zero attached hydrogens (tertiary/aromatic N) is 1. The highest BCUT2D eigenvalue weighted by Gasteiger charge is 2.16. The molecule has 1 aromatic carbocycles. The number of hydrogen-bond donors (Lipinski definition) is 1. The second kappa shape index (κ2) is 4.75. The molecule has 1 N–H and O–H groups in total. The Morgan fingerprint density at radius 3 is 2.47 bits per heavy atom. The molecule has 0 amide bonds. The summed E-state index contributed by atoms with van der Waals surface area (Å²) in [7, 11) is 1.66. The van der Waals surface area contributed by atoms with Gasteiger partial charge in [-0.15, -0.1) is 0 Å². The van der Waals surface area contributed by atoms with Crippen LogP contribution < -0.4 is 4.74 Å². The van der Waals surface area contributed by atoms with E-state index in [-0.39, 0.29) is 0 Å². The number of halogens is 3. The standard InChI is InChI=1S/C13H9Br3N2O/c1-5-11-7(4-9(15)17-5)6-3-8(14)13(19-2)10(16)12(6)18-11/h3-4,18H,1-2H3. The molecule has 0 aliphatic heterocycles. The molecule has 3 aromatic rings. The zero-order chi connectivity index (χ0) is 13.7. The molecule has 0 fully saturated rings. The van der Waals surface area contributed by atoms with Crippen molar-refractivity contribution in [3.63, 3.8) is 0 Å². The monoisotopic (exact) mass is 446 g/mol. The highest BCUT2D eigenvalue weighted by Crippen LogP contribution is 2.42. The molecule has 0 radical (unpaired) electrons. The van der Waals surface area contributed by atoms with Crippen molar-refractivity contribution < 1.29 is 4.74 Å². The van der Waals surface area contributed by atoms with Gasteiger partial charge in [0.1, 0.15) is 10.4 Å². The highest BCUT2D eigenvalue weighted by atomic mass is 79.9. The molecule has 0 spiro atoms. The van der Waals surface area contributed by atoms with Gasteiger partial charge in [-0.25, -0.2) is 4.98 Å². The van der Waals surface area contributed by atoms with Crippen LogP contribution in [0.2, 0.25) is 0 Å². The van der Waals surface area contributed by atoms with Crippen molar-refractivity contribution in [1.82, 2.24) is 9.97 Å². The van der Waals surface area contributed by atoms with Gasteiger partial charge in [0.05, 0.1) is 32.8 Å². The predicted octanol–water partition coefficient (Wildman–Crippen LogP) is 5.32. The van der Waals surface area contributed by atoms with E-state index < -0.39 is 0 Å². The number of pyridine rings is 1. The number of hydrogen-bond acceptors (Lipinski definition) is 2. The molecule has 6 heteroatoms. The summed E-state index contributed by atoms with van der Waals surface area (Å²) in [5, 5.41) is 2.26. The zero-order valence-corrected chi connectivity index (χ0v) is 14.9. The predicted molar refractivity (Wildman–Crippen MR) is 88.0 cm³/mol. The number of benzene rings is 1. The number of aryl methyl sites for hydroxylation is 1. The Kier molecular flexibility index (Phi) is 3.35. The quantitative estimate of drug-likeness (QED) is 0.511. The lowest BCUT2D eigenvalue weighted by Gasteiger charge is -2.06. The fourth-order valence-electron chi connectivity index (χ4n) is 2.25. The lowest BCUT2D eigenvalue weighted by Crippen LogP contribution is -1.86. The van der Waals surface area contributed by atoms with Crippen LogP contribution in [0.15, 0.2) is 25.7 Å². The Hall–Kier alpha value is -0.590. The van der Waals surface area contributed by atoms with E-state index in [0.717, 1.165) is 46.8 Å². The topological polar surface area (TPSA) is 37.9 Å². The maximum absolute atomic E-state index is 5.40. The van der Waals surface area contributed by atoms with Crippen LogP contribution in [0.25, 0.3) is 21.8 Å². The molecular formula is C13H9Br3N2O. The largest absolute Gasteiger partial charge is 0.494 e. The summed E-state index contributed by atoms with van der Waals surface area (Å²) in [6.07, 6.45) is 0. The van der Waals surface area contributed by atoms with Gasteiger partial charge in [-0.2, -0.15) is 0 Å². The molecule has 0 saturated heterocycles. The number of aromatic nitrogens is 2. The van der Waals surface area contributed by atoms with Gasteiger partial charge < -0.3 is 9.72 Å². The lowest BCUT2D eigenvalue weighted by atomic mass is 10.1. The van der Waals surface area contributed by atoms with Gasteiger partial charge in [0.25, 0.3) is 0 Å². The number of rotatable bonds is 1. The van der Waals surface area contributed by atoms with Gasteiger partial charge in [-0.3, -0.25) is 0 Å². The molecule has 3 nitrogen and oxygen atoms in total. The van der Waals surface area contributed by atoms with Gasteiger partial charge in [-0.05, 0) is 66.8 Å². The summed E-state index contributed by atoms with van der Waals surface area (Å²) in [6.45, 7) is 1.99. The molecule has 0 aliphatic rings.